The van der Waals surface area contributed by atoms with Crippen molar-refractivity contribution in [1.82, 2.24) is 0 Å². The molecule has 1 aliphatic carbocycles. The molecule has 1 saturated carbocycles. The van der Waals surface area contributed by atoms with E-state index in [4.69, 9.17) is 4.74 Å². The Morgan fingerprint density at radius 1 is 1.62 bits per heavy atom. The zero-order valence-corrected chi connectivity index (χ0v) is 10.00. The molecule has 1 atom stereocenters. The van der Waals surface area contributed by atoms with Gasteiger partial charge in [-0.05, 0) is 43.6 Å². The van der Waals surface area contributed by atoms with Gasteiger partial charge in [0.1, 0.15) is 6.26 Å². The second kappa shape index (κ2) is 7.08. The van der Waals surface area contributed by atoms with Crippen LogP contribution in [0.5, 0.6) is 0 Å². The van der Waals surface area contributed by atoms with Gasteiger partial charge in [0.2, 0.25) is 0 Å². The Bertz CT molecular complexity index is 309. The minimum absolute atomic E-state index is 0.286. The first-order chi connectivity index (χ1) is 7.74. The van der Waals surface area contributed by atoms with Crippen molar-refractivity contribution < 1.29 is 9.53 Å². The van der Waals surface area contributed by atoms with E-state index in [1.54, 1.807) is 0 Å². The molecule has 0 bridgehead atoms. The van der Waals surface area contributed by atoms with E-state index in [9.17, 15) is 4.79 Å². The third-order valence-corrected chi connectivity index (χ3v) is 2.93. The van der Waals surface area contributed by atoms with Gasteiger partial charge in [0, 0.05) is 6.92 Å². The first-order valence-corrected chi connectivity index (χ1v) is 5.96. The molecule has 0 saturated heterocycles. The number of hydrogen-bond acceptors (Lipinski definition) is 2. The van der Waals surface area contributed by atoms with Crippen molar-refractivity contribution in [3.63, 3.8) is 0 Å². The van der Waals surface area contributed by atoms with Gasteiger partial charge < -0.3 is 4.74 Å². The summed E-state index contributed by atoms with van der Waals surface area (Å²) in [6.45, 7) is 5.15. The van der Waals surface area contributed by atoms with Crippen LogP contribution in [0, 0.1) is 5.92 Å². The Balaban J connectivity index is 2.61. The number of hydrogen-bond donors (Lipinski definition) is 0. The second-order valence-electron chi connectivity index (χ2n) is 4.21. The number of rotatable bonds is 4. The van der Waals surface area contributed by atoms with Crippen LogP contribution in [0.25, 0.3) is 0 Å². The summed E-state index contributed by atoms with van der Waals surface area (Å²) in [5, 5.41) is 0. The molecule has 2 heteroatoms. The normalized spacial score (nSPS) is 19.8. The van der Waals surface area contributed by atoms with Crippen LogP contribution in [0.2, 0.25) is 0 Å². The molecule has 0 spiro atoms. The number of ether oxygens (including phenoxy) is 1. The number of carbonyl (C=O) groups is 1. The third kappa shape index (κ3) is 4.50. The molecular weight excluding hydrogens is 200 g/mol. The van der Waals surface area contributed by atoms with Crippen molar-refractivity contribution in [3.05, 3.63) is 30.2 Å². The minimum atomic E-state index is -0.286. The van der Waals surface area contributed by atoms with Crippen LogP contribution < -0.4 is 0 Å². The average Bonchev–Trinajstić information content (AvgIpc) is 2.27. The Hall–Kier alpha value is -1.27. The summed E-state index contributed by atoms with van der Waals surface area (Å²) >= 11 is 0. The van der Waals surface area contributed by atoms with E-state index in [0.29, 0.717) is 5.92 Å². The van der Waals surface area contributed by atoms with Crippen LogP contribution >= 0.6 is 0 Å². The predicted molar refractivity (Wildman–Crippen MR) is 64.8 cm³/mol. The van der Waals surface area contributed by atoms with Crippen molar-refractivity contribution in [1.29, 1.82) is 0 Å². The van der Waals surface area contributed by atoms with Crippen LogP contribution in [0.15, 0.2) is 30.2 Å². The molecule has 0 radical (unpaired) electrons. The molecule has 0 aliphatic heterocycles. The van der Waals surface area contributed by atoms with E-state index >= 15 is 0 Å². The molecule has 0 unspecified atom stereocenters. The van der Waals surface area contributed by atoms with E-state index in [2.05, 4.69) is 12.3 Å². The molecule has 0 aromatic rings. The van der Waals surface area contributed by atoms with Crippen LogP contribution in [-0.4, -0.2) is 5.97 Å². The number of allylic oxidation sites excluding steroid dienone is 2. The number of carbonyl (C=O) groups excluding carboxylic acids is 1. The molecule has 1 aliphatic rings. The van der Waals surface area contributed by atoms with Gasteiger partial charge in [0.05, 0.1) is 0 Å². The van der Waals surface area contributed by atoms with Crippen LogP contribution in [-0.2, 0) is 9.53 Å². The highest BCUT2D eigenvalue weighted by Gasteiger charge is 2.17. The fourth-order valence-corrected chi connectivity index (χ4v) is 2.10. The summed E-state index contributed by atoms with van der Waals surface area (Å²) in [5.74, 6) is 0.310. The lowest BCUT2D eigenvalue weighted by Crippen LogP contribution is -2.09. The van der Waals surface area contributed by atoms with E-state index in [1.165, 1.54) is 38.0 Å². The zero-order chi connectivity index (χ0) is 11.8. The Morgan fingerprint density at radius 2 is 2.44 bits per heavy atom. The Morgan fingerprint density at radius 3 is 3.12 bits per heavy atom. The van der Waals surface area contributed by atoms with E-state index < -0.39 is 0 Å². The highest BCUT2D eigenvalue weighted by atomic mass is 16.5. The van der Waals surface area contributed by atoms with Gasteiger partial charge in [-0.3, -0.25) is 4.79 Å². The van der Waals surface area contributed by atoms with Crippen molar-refractivity contribution in [3.8, 4) is 0 Å². The van der Waals surface area contributed by atoms with Gasteiger partial charge >= 0.3 is 5.97 Å². The van der Waals surface area contributed by atoms with Gasteiger partial charge in [0.25, 0.3) is 0 Å². The van der Waals surface area contributed by atoms with Crippen molar-refractivity contribution in [2.45, 2.75) is 45.4 Å². The maximum atomic E-state index is 10.6. The zero-order valence-electron chi connectivity index (χ0n) is 10.00. The lowest BCUT2D eigenvalue weighted by atomic mass is 9.82. The highest BCUT2D eigenvalue weighted by Crippen LogP contribution is 2.31. The first-order valence-electron chi connectivity index (χ1n) is 5.96. The molecule has 1 rings (SSSR count). The molecular formula is C14H20O2. The van der Waals surface area contributed by atoms with E-state index in [-0.39, 0.29) is 5.97 Å². The molecule has 1 fully saturated rings. The summed E-state index contributed by atoms with van der Waals surface area (Å²) in [6, 6.07) is 0. The molecule has 2 nitrogen and oxygen atoms in total. The molecule has 0 amide bonds. The van der Waals surface area contributed by atoms with E-state index in [1.807, 2.05) is 6.08 Å². The second-order valence-corrected chi connectivity index (χ2v) is 4.21. The summed E-state index contributed by atoms with van der Waals surface area (Å²) in [5.41, 5.74) is 4.43. The smallest absolute Gasteiger partial charge is 0.308 e. The molecule has 0 heterocycles. The average molecular weight is 220 g/mol. The SMILES string of the molecule is C=CCC[C@H]1CCCCC1=C=COC(C)=O. The van der Waals surface area contributed by atoms with E-state index in [0.717, 1.165) is 19.3 Å². The van der Waals surface area contributed by atoms with Gasteiger partial charge in [-0.1, -0.05) is 18.2 Å². The summed E-state index contributed by atoms with van der Waals surface area (Å²) in [4.78, 5) is 10.6. The third-order valence-electron chi connectivity index (χ3n) is 2.93. The maximum Gasteiger partial charge on any atom is 0.308 e. The highest BCUT2D eigenvalue weighted by molar-refractivity contribution is 5.66. The van der Waals surface area contributed by atoms with Crippen LogP contribution in [0.1, 0.15) is 45.4 Å². The predicted octanol–water partition coefficient (Wildman–Crippen LogP) is 3.74. The molecule has 16 heavy (non-hydrogen) atoms. The van der Waals surface area contributed by atoms with Crippen molar-refractivity contribution in [2.24, 2.45) is 5.92 Å². The largest absolute Gasteiger partial charge is 0.426 e. The summed E-state index contributed by atoms with van der Waals surface area (Å²) in [7, 11) is 0. The van der Waals surface area contributed by atoms with Crippen LogP contribution in [0.3, 0.4) is 0 Å². The lowest BCUT2D eigenvalue weighted by Gasteiger charge is -2.23. The monoisotopic (exact) mass is 220 g/mol. The van der Waals surface area contributed by atoms with Gasteiger partial charge in [-0.15, -0.1) is 6.58 Å². The fraction of sp³-hybridized carbons (Fsp3) is 0.571. The van der Waals surface area contributed by atoms with Gasteiger partial charge in [0.15, 0.2) is 0 Å². The molecule has 88 valence electrons. The maximum absolute atomic E-state index is 10.6. The number of esters is 1. The first kappa shape index (κ1) is 12.8. The Labute approximate surface area is 97.7 Å². The molecule has 0 aromatic carbocycles. The summed E-state index contributed by atoms with van der Waals surface area (Å²) < 4.78 is 4.78. The fourth-order valence-electron chi connectivity index (χ4n) is 2.10. The van der Waals surface area contributed by atoms with Crippen molar-refractivity contribution in [2.75, 3.05) is 0 Å². The van der Waals surface area contributed by atoms with Gasteiger partial charge in [-0.2, -0.15) is 0 Å². The standard InChI is InChI=1S/C14H20O2/c1-3-4-7-13-8-5-6-9-14(13)10-11-16-12(2)15/h3,11,13H,1,4-9H2,2H3/t10?,13-/m0/s1. The van der Waals surface area contributed by atoms with Crippen molar-refractivity contribution >= 4 is 5.97 Å². The Kier molecular flexibility index (Phi) is 5.66. The minimum Gasteiger partial charge on any atom is -0.426 e. The van der Waals surface area contributed by atoms with Gasteiger partial charge in [-0.25, -0.2) is 0 Å². The van der Waals surface area contributed by atoms with Crippen LogP contribution in [0.4, 0.5) is 0 Å². The quantitative estimate of drug-likeness (QED) is 0.312. The lowest BCUT2D eigenvalue weighted by molar-refractivity contribution is -0.135. The molecule has 0 aromatic heterocycles. The topological polar surface area (TPSA) is 26.3 Å². The molecule has 0 N–H and O–H groups in total. The summed E-state index contributed by atoms with van der Waals surface area (Å²) in [6.07, 6.45) is 10.4.